The molecule has 0 spiro atoms. The van der Waals surface area contributed by atoms with Gasteiger partial charge in [0.2, 0.25) is 0 Å². The summed E-state index contributed by atoms with van der Waals surface area (Å²) in [7, 11) is 9.87. The SMILES string of the molecule is CCNCC.[Cl][Zr][Cl]. The Bertz CT molecular complexity index is 28.0. The van der Waals surface area contributed by atoms with E-state index in [-0.39, 0.29) is 0 Å². The van der Waals surface area contributed by atoms with Crippen molar-refractivity contribution >= 4 is 17.0 Å². The normalized spacial score (nSPS) is 7.00. The summed E-state index contributed by atoms with van der Waals surface area (Å²) in [4.78, 5) is 0. The van der Waals surface area contributed by atoms with E-state index in [0.29, 0.717) is 0 Å². The van der Waals surface area contributed by atoms with Gasteiger partial charge in [-0.3, -0.25) is 0 Å². The number of nitrogens with one attached hydrogen (secondary N) is 1. The molecule has 0 rings (SSSR count). The average Bonchev–Trinajstić information content (AvgIpc) is 1.71. The van der Waals surface area contributed by atoms with Crippen LogP contribution in [-0.4, -0.2) is 13.1 Å². The van der Waals surface area contributed by atoms with Crippen LogP contribution >= 0.6 is 17.0 Å². The third-order valence-electron chi connectivity index (χ3n) is 0.500. The molecule has 0 aromatic heterocycles. The first-order chi connectivity index (χ1) is 3.83. The fraction of sp³-hybridized carbons (Fsp3) is 1.00. The van der Waals surface area contributed by atoms with E-state index in [1.165, 1.54) is 0 Å². The van der Waals surface area contributed by atoms with Gasteiger partial charge in [0.25, 0.3) is 0 Å². The van der Waals surface area contributed by atoms with Crippen LogP contribution in [0.25, 0.3) is 0 Å². The molecule has 0 unspecified atom stereocenters. The van der Waals surface area contributed by atoms with Gasteiger partial charge in [-0.05, 0) is 13.1 Å². The Hall–Kier alpha value is 1.42. The van der Waals surface area contributed by atoms with Crippen LogP contribution < -0.4 is 5.32 Å². The first kappa shape index (κ1) is 12.1. The van der Waals surface area contributed by atoms with E-state index >= 15 is 0 Å². The molecule has 0 aromatic carbocycles. The molecule has 0 amide bonds. The second kappa shape index (κ2) is 15.8. The van der Waals surface area contributed by atoms with Crippen LogP contribution in [0.5, 0.6) is 0 Å². The van der Waals surface area contributed by atoms with Crippen molar-refractivity contribution in [2.75, 3.05) is 13.1 Å². The fourth-order valence-electron chi connectivity index (χ4n) is 0.250. The fourth-order valence-corrected chi connectivity index (χ4v) is 0.250. The van der Waals surface area contributed by atoms with Crippen molar-refractivity contribution < 1.29 is 20.8 Å². The van der Waals surface area contributed by atoms with Crippen molar-refractivity contribution in [2.24, 2.45) is 0 Å². The molecule has 0 fully saturated rings. The molecule has 0 radical (unpaired) electrons. The molecule has 4 heteroatoms. The predicted molar refractivity (Wildman–Crippen MR) is 35.9 cm³/mol. The molecule has 0 aromatic rings. The third-order valence-corrected chi connectivity index (χ3v) is 0.500. The molecular formula is C4H11Cl2NZr. The first-order valence-electron chi connectivity index (χ1n) is 2.50. The van der Waals surface area contributed by atoms with E-state index < -0.39 is 20.8 Å². The topological polar surface area (TPSA) is 12.0 Å². The number of hydrogen-bond donors (Lipinski definition) is 1. The Morgan fingerprint density at radius 3 is 1.50 bits per heavy atom. The van der Waals surface area contributed by atoms with Crippen molar-refractivity contribution in [3.8, 4) is 0 Å². The van der Waals surface area contributed by atoms with Gasteiger partial charge >= 0.3 is 37.9 Å². The molecular weight excluding hydrogens is 224 g/mol. The van der Waals surface area contributed by atoms with Gasteiger partial charge < -0.3 is 5.32 Å². The Morgan fingerprint density at radius 2 is 1.50 bits per heavy atom. The van der Waals surface area contributed by atoms with Gasteiger partial charge in [0.05, 0.1) is 0 Å². The van der Waals surface area contributed by atoms with Crippen molar-refractivity contribution in [3.05, 3.63) is 0 Å². The molecule has 50 valence electrons. The molecule has 0 aliphatic heterocycles. The van der Waals surface area contributed by atoms with Crippen molar-refractivity contribution in [3.63, 3.8) is 0 Å². The summed E-state index contributed by atoms with van der Waals surface area (Å²) in [5.74, 6) is 0. The van der Waals surface area contributed by atoms with Gasteiger partial charge in [0, 0.05) is 0 Å². The summed E-state index contributed by atoms with van der Waals surface area (Å²) in [6, 6.07) is 0. The van der Waals surface area contributed by atoms with E-state index in [1.807, 2.05) is 0 Å². The Balaban J connectivity index is 0. The standard InChI is InChI=1S/C4H11N.2ClH.Zr/c1-3-5-4-2;;;/h5H,3-4H2,1-2H3;2*1H;/q;;;+2/p-2. The maximum atomic E-state index is 4.93. The molecule has 0 aliphatic rings. The zero-order valence-electron chi connectivity index (χ0n) is 5.17. The van der Waals surface area contributed by atoms with E-state index in [0.717, 1.165) is 13.1 Å². The van der Waals surface area contributed by atoms with E-state index in [2.05, 4.69) is 19.2 Å². The molecule has 0 atom stereocenters. The van der Waals surface area contributed by atoms with E-state index in [4.69, 9.17) is 17.0 Å². The first-order valence-corrected chi connectivity index (χ1v) is 8.83. The summed E-state index contributed by atoms with van der Waals surface area (Å²) in [6.07, 6.45) is 0. The van der Waals surface area contributed by atoms with Crippen LogP contribution in [0.4, 0.5) is 0 Å². The van der Waals surface area contributed by atoms with Gasteiger partial charge in [0.15, 0.2) is 0 Å². The Morgan fingerprint density at radius 1 is 1.25 bits per heavy atom. The average molecular weight is 235 g/mol. The van der Waals surface area contributed by atoms with Gasteiger partial charge in [-0.25, -0.2) is 0 Å². The van der Waals surface area contributed by atoms with Crippen LogP contribution in [0.15, 0.2) is 0 Å². The monoisotopic (exact) mass is 233 g/mol. The van der Waals surface area contributed by atoms with Crippen LogP contribution in [0.1, 0.15) is 13.8 Å². The van der Waals surface area contributed by atoms with Gasteiger partial charge in [-0.2, -0.15) is 0 Å². The number of hydrogen-bond acceptors (Lipinski definition) is 1. The van der Waals surface area contributed by atoms with Crippen molar-refractivity contribution in [1.29, 1.82) is 0 Å². The summed E-state index contributed by atoms with van der Waals surface area (Å²) >= 11 is -0.826. The Kier molecular flexibility index (Phi) is 23.9. The maximum absolute atomic E-state index is 4.93. The van der Waals surface area contributed by atoms with Crippen LogP contribution in [0, 0.1) is 0 Å². The second-order valence-corrected chi connectivity index (χ2v) is 4.76. The zero-order valence-corrected chi connectivity index (χ0v) is 9.14. The number of halogens is 2. The molecule has 1 N–H and O–H groups in total. The van der Waals surface area contributed by atoms with E-state index in [9.17, 15) is 0 Å². The molecule has 1 nitrogen and oxygen atoms in total. The van der Waals surface area contributed by atoms with Gasteiger partial charge in [-0.1, -0.05) is 13.8 Å². The minimum atomic E-state index is -0.826. The molecule has 0 saturated carbocycles. The van der Waals surface area contributed by atoms with Crippen LogP contribution in [-0.2, 0) is 20.8 Å². The quantitative estimate of drug-likeness (QED) is 0.772. The van der Waals surface area contributed by atoms with Crippen LogP contribution in [0.2, 0.25) is 0 Å². The summed E-state index contributed by atoms with van der Waals surface area (Å²) < 4.78 is 0. The van der Waals surface area contributed by atoms with Gasteiger partial charge in [0.1, 0.15) is 0 Å². The van der Waals surface area contributed by atoms with Gasteiger partial charge in [-0.15, -0.1) is 0 Å². The summed E-state index contributed by atoms with van der Waals surface area (Å²) in [6.45, 7) is 6.39. The number of rotatable bonds is 2. The third kappa shape index (κ3) is 26.1. The van der Waals surface area contributed by atoms with Crippen molar-refractivity contribution in [1.82, 2.24) is 5.32 Å². The molecule has 8 heavy (non-hydrogen) atoms. The van der Waals surface area contributed by atoms with E-state index in [1.54, 1.807) is 0 Å². The summed E-state index contributed by atoms with van der Waals surface area (Å²) in [5, 5.41) is 3.11. The summed E-state index contributed by atoms with van der Waals surface area (Å²) in [5.41, 5.74) is 0. The molecule has 0 aliphatic carbocycles. The predicted octanol–water partition coefficient (Wildman–Crippen LogP) is 1.99. The second-order valence-electron chi connectivity index (χ2n) is 1.03. The van der Waals surface area contributed by atoms with Crippen LogP contribution in [0.3, 0.4) is 0 Å². The minimum absolute atomic E-state index is 0.826. The van der Waals surface area contributed by atoms with Crippen molar-refractivity contribution in [2.45, 2.75) is 13.8 Å². The molecule has 0 heterocycles. The molecule has 0 saturated heterocycles. The Labute approximate surface area is 69.8 Å². The zero-order chi connectivity index (χ0) is 6.83. The molecule has 0 bridgehead atoms.